The van der Waals surface area contributed by atoms with E-state index in [0.717, 1.165) is 13.1 Å². The zero-order chi connectivity index (χ0) is 13.2. The van der Waals surface area contributed by atoms with Crippen molar-refractivity contribution in [1.82, 2.24) is 4.90 Å². The van der Waals surface area contributed by atoms with E-state index in [9.17, 15) is 4.79 Å². The molecule has 4 heteroatoms. The number of likely N-dealkylation sites (tertiary alicyclic amines) is 1. The van der Waals surface area contributed by atoms with Crippen molar-refractivity contribution in [3.63, 3.8) is 0 Å². The SMILES string of the molecule is CC(C)C(CN)C1CN(C(=O)OC(C)(C)C)C1. The fraction of sp³-hybridized carbons (Fsp3) is 0.923. The van der Waals surface area contributed by atoms with E-state index in [1.54, 1.807) is 4.90 Å². The van der Waals surface area contributed by atoms with Crippen molar-refractivity contribution in [3.05, 3.63) is 0 Å². The van der Waals surface area contributed by atoms with Crippen molar-refractivity contribution in [3.8, 4) is 0 Å². The molecular weight excluding hydrogens is 216 g/mol. The minimum absolute atomic E-state index is 0.201. The normalized spacial score (nSPS) is 19.1. The highest BCUT2D eigenvalue weighted by atomic mass is 16.6. The van der Waals surface area contributed by atoms with Crippen LogP contribution in [0.15, 0.2) is 0 Å². The van der Waals surface area contributed by atoms with Gasteiger partial charge in [0.1, 0.15) is 5.60 Å². The fourth-order valence-electron chi connectivity index (χ4n) is 2.27. The molecule has 0 aromatic carbocycles. The van der Waals surface area contributed by atoms with Gasteiger partial charge in [0.2, 0.25) is 0 Å². The lowest BCUT2D eigenvalue weighted by atomic mass is 9.79. The van der Waals surface area contributed by atoms with Gasteiger partial charge < -0.3 is 15.4 Å². The zero-order valence-corrected chi connectivity index (χ0v) is 11.7. The van der Waals surface area contributed by atoms with Crippen molar-refractivity contribution >= 4 is 6.09 Å². The van der Waals surface area contributed by atoms with E-state index in [0.29, 0.717) is 24.3 Å². The Kier molecular flexibility index (Phi) is 4.42. The minimum Gasteiger partial charge on any atom is -0.444 e. The van der Waals surface area contributed by atoms with Gasteiger partial charge in [-0.15, -0.1) is 0 Å². The molecule has 1 aliphatic rings. The number of hydrogen-bond acceptors (Lipinski definition) is 3. The summed E-state index contributed by atoms with van der Waals surface area (Å²) in [5.74, 6) is 1.62. The molecule has 0 aliphatic carbocycles. The van der Waals surface area contributed by atoms with Crippen LogP contribution in [0.1, 0.15) is 34.6 Å². The summed E-state index contributed by atoms with van der Waals surface area (Å²) in [6.07, 6.45) is -0.201. The molecule has 1 rings (SSSR count). The van der Waals surface area contributed by atoms with Gasteiger partial charge in [-0.25, -0.2) is 4.79 Å². The Hall–Kier alpha value is -0.770. The summed E-state index contributed by atoms with van der Waals surface area (Å²) < 4.78 is 5.32. The number of carbonyl (C=O) groups excluding carboxylic acids is 1. The average molecular weight is 242 g/mol. The third-order valence-corrected chi connectivity index (χ3v) is 3.30. The van der Waals surface area contributed by atoms with Crippen molar-refractivity contribution in [2.24, 2.45) is 23.5 Å². The standard InChI is InChI=1S/C13H26N2O2/c1-9(2)11(6-14)10-7-15(8-10)12(16)17-13(3,4)5/h9-11H,6-8,14H2,1-5H3. The highest BCUT2D eigenvalue weighted by Gasteiger charge is 2.38. The fourth-order valence-corrected chi connectivity index (χ4v) is 2.27. The first-order valence-electron chi connectivity index (χ1n) is 6.42. The van der Waals surface area contributed by atoms with E-state index >= 15 is 0 Å². The maximum atomic E-state index is 11.7. The van der Waals surface area contributed by atoms with Crippen LogP contribution in [0.2, 0.25) is 0 Å². The van der Waals surface area contributed by atoms with Gasteiger partial charge in [-0.05, 0) is 45.1 Å². The van der Waals surface area contributed by atoms with Crippen LogP contribution in [-0.4, -0.2) is 36.2 Å². The van der Waals surface area contributed by atoms with Gasteiger partial charge >= 0.3 is 6.09 Å². The highest BCUT2D eigenvalue weighted by molar-refractivity contribution is 5.69. The average Bonchev–Trinajstić information content (AvgIpc) is 2.05. The summed E-state index contributed by atoms with van der Waals surface area (Å²) in [6, 6.07) is 0. The quantitative estimate of drug-likeness (QED) is 0.824. The van der Waals surface area contributed by atoms with Gasteiger partial charge in [0.05, 0.1) is 0 Å². The second-order valence-electron chi connectivity index (χ2n) is 6.29. The molecule has 0 aromatic rings. The first-order chi connectivity index (χ1) is 7.74. The van der Waals surface area contributed by atoms with Crippen molar-refractivity contribution in [2.45, 2.75) is 40.2 Å². The lowest BCUT2D eigenvalue weighted by Crippen LogP contribution is -2.55. The molecule has 0 saturated carbocycles. The maximum absolute atomic E-state index is 11.7. The first-order valence-corrected chi connectivity index (χ1v) is 6.42. The summed E-state index contributed by atoms with van der Waals surface area (Å²) in [4.78, 5) is 13.5. The Labute approximate surface area is 104 Å². The summed E-state index contributed by atoms with van der Waals surface area (Å²) in [5.41, 5.74) is 5.36. The maximum Gasteiger partial charge on any atom is 0.410 e. The van der Waals surface area contributed by atoms with E-state index in [1.807, 2.05) is 20.8 Å². The molecule has 0 aromatic heterocycles. The smallest absolute Gasteiger partial charge is 0.410 e. The molecular formula is C13H26N2O2. The van der Waals surface area contributed by atoms with Crippen molar-refractivity contribution in [2.75, 3.05) is 19.6 Å². The van der Waals surface area contributed by atoms with Crippen LogP contribution in [0, 0.1) is 17.8 Å². The molecule has 0 spiro atoms. The van der Waals surface area contributed by atoms with Gasteiger partial charge in [-0.1, -0.05) is 13.8 Å². The largest absolute Gasteiger partial charge is 0.444 e. The molecule has 1 aliphatic heterocycles. The van der Waals surface area contributed by atoms with E-state index in [1.165, 1.54) is 0 Å². The summed E-state index contributed by atoms with van der Waals surface area (Å²) in [5, 5.41) is 0. The minimum atomic E-state index is -0.409. The second-order valence-corrected chi connectivity index (χ2v) is 6.29. The van der Waals surface area contributed by atoms with Crippen LogP contribution >= 0.6 is 0 Å². The third kappa shape index (κ3) is 3.87. The van der Waals surface area contributed by atoms with Crippen LogP contribution in [0.4, 0.5) is 4.79 Å². The monoisotopic (exact) mass is 242 g/mol. The van der Waals surface area contributed by atoms with Gasteiger partial charge in [-0.3, -0.25) is 0 Å². The number of rotatable bonds is 3. The Morgan fingerprint density at radius 2 is 1.94 bits per heavy atom. The zero-order valence-electron chi connectivity index (χ0n) is 11.7. The number of nitrogens with zero attached hydrogens (tertiary/aromatic N) is 1. The van der Waals surface area contributed by atoms with Crippen LogP contribution < -0.4 is 5.73 Å². The number of amides is 1. The molecule has 1 atom stereocenters. The molecule has 1 fully saturated rings. The van der Waals surface area contributed by atoms with E-state index in [2.05, 4.69) is 13.8 Å². The first kappa shape index (κ1) is 14.3. The van der Waals surface area contributed by atoms with Gasteiger partial charge in [0.15, 0.2) is 0 Å². The Balaban J connectivity index is 2.38. The molecule has 17 heavy (non-hydrogen) atoms. The molecule has 4 nitrogen and oxygen atoms in total. The molecule has 1 saturated heterocycles. The predicted molar refractivity (Wildman–Crippen MR) is 68.7 cm³/mol. The Bertz CT molecular complexity index is 265. The summed E-state index contributed by atoms with van der Waals surface area (Å²) in [7, 11) is 0. The van der Waals surface area contributed by atoms with Crippen molar-refractivity contribution in [1.29, 1.82) is 0 Å². The Morgan fingerprint density at radius 1 is 1.41 bits per heavy atom. The van der Waals surface area contributed by atoms with E-state index < -0.39 is 5.60 Å². The van der Waals surface area contributed by atoms with E-state index in [4.69, 9.17) is 10.5 Å². The number of carbonyl (C=O) groups is 1. The van der Waals surface area contributed by atoms with Crippen molar-refractivity contribution < 1.29 is 9.53 Å². The number of ether oxygens (including phenoxy) is 1. The molecule has 1 unspecified atom stereocenters. The highest BCUT2D eigenvalue weighted by Crippen LogP contribution is 2.29. The predicted octanol–water partition coefficient (Wildman–Crippen LogP) is 2.08. The molecule has 2 N–H and O–H groups in total. The van der Waals surface area contributed by atoms with Gasteiger partial charge in [0.25, 0.3) is 0 Å². The summed E-state index contributed by atoms with van der Waals surface area (Å²) >= 11 is 0. The Morgan fingerprint density at radius 3 is 2.29 bits per heavy atom. The van der Waals surface area contributed by atoms with E-state index in [-0.39, 0.29) is 6.09 Å². The third-order valence-electron chi connectivity index (χ3n) is 3.30. The molecule has 100 valence electrons. The van der Waals surface area contributed by atoms with Gasteiger partial charge in [0, 0.05) is 13.1 Å². The lowest BCUT2D eigenvalue weighted by molar-refractivity contribution is -0.0146. The molecule has 1 heterocycles. The van der Waals surface area contributed by atoms with Crippen LogP contribution in [0.5, 0.6) is 0 Å². The van der Waals surface area contributed by atoms with Crippen LogP contribution in [0.3, 0.4) is 0 Å². The molecule has 0 radical (unpaired) electrons. The van der Waals surface area contributed by atoms with Crippen LogP contribution in [0.25, 0.3) is 0 Å². The lowest BCUT2D eigenvalue weighted by Gasteiger charge is -2.44. The topological polar surface area (TPSA) is 55.6 Å². The second kappa shape index (κ2) is 5.25. The van der Waals surface area contributed by atoms with Crippen LogP contribution in [-0.2, 0) is 4.74 Å². The number of nitrogens with two attached hydrogens (primary N) is 1. The molecule has 0 bridgehead atoms. The molecule has 1 amide bonds. The summed E-state index contributed by atoms with van der Waals surface area (Å²) in [6.45, 7) is 12.3. The van der Waals surface area contributed by atoms with Gasteiger partial charge in [-0.2, -0.15) is 0 Å². The number of hydrogen-bond donors (Lipinski definition) is 1.